The number of thioether (sulfide) groups is 1. The molecule has 0 unspecified atom stereocenters. The minimum absolute atomic E-state index is 0.00725. The molecule has 0 N–H and O–H groups in total. The molecule has 0 aromatic carbocycles. The first-order chi connectivity index (χ1) is 6.97. The predicted octanol–water partition coefficient (Wildman–Crippen LogP) is 1.52. The summed E-state index contributed by atoms with van der Waals surface area (Å²) in [5.41, 5.74) is 0. The molecule has 1 aliphatic rings. The molecule has 0 radical (unpaired) electrons. The van der Waals surface area contributed by atoms with Gasteiger partial charge < -0.3 is 0 Å². The van der Waals surface area contributed by atoms with Gasteiger partial charge in [-0.05, 0) is 30.3 Å². The molecule has 1 aliphatic heterocycles. The summed E-state index contributed by atoms with van der Waals surface area (Å²) in [5.74, 6) is 2.90. The highest BCUT2D eigenvalue weighted by Gasteiger charge is 2.17. The average Bonchev–Trinajstić information content (AvgIpc) is 2.15. The molecule has 0 saturated carbocycles. The number of sulfone groups is 1. The molecule has 5 heteroatoms. The fourth-order valence-electron chi connectivity index (χ4n) is 1.67. The number of carbonyl (C=O) groups excluding carboxylic acids is 1. The van der Waals surface area contributed by atoms with Gasteiger partial charge >= 0.3 is 0 Å². The van der Waals surface area contributed by atoms with Crippen molar-refractivity contribution in [2.45, 2.75) is 25.7 Å². The lowest BCUT2D eigenvalue weighted by Crippen LogP contribution is -2.16. The molecule has 1 rings (SSSR count). The number of rotatable bonds is 5. The van der Waals surface area contributed by atoms with Crippen molar-refractivity contribution in [3.05, 3.63) is 0 Å². The number of ketones is 1. The van der Waals surface area contributed by atoms with E-state index < -0.39 is 9.84 Å². The zero-order chi connectivity index (χ0) is 11.3. The highest BCUT2D eigenvalue weighted by Crippen LogP contribution is 2.25. The Morgan fingerprint density at radius 2 is 1.93 bits per heavy atom. The maximum Gasteiger partial charge on any atom is 0.147 e. The Morgan fingerprint density at radius 3 is 2.47 bits per heavy atom. The van der Waals surface area contributed by atoms with Crippen LogP contribution in [0.4, 0.5) is 0 Å². The normalized spacial score (nSPS) is 19.0. The third-order valence-electron chi connectivity index (χ3n) is 2.61. The monoisotopic (exact) mass is 250 g/mol. The summed E-state index contributed by atoms with van der Waals surface area (Å²) in [6.07, 6.45) is 4.17. The third-order valence-corrected chi connectivity index (χ3v) is 4.60. The Hall–Kier alpha value is -0.0300. The van der Waals surface area contributed by atoms with Gasteiger partial charge in [0.15, 0.2) is 0 Å². The SMILES string of the molecule is CS(=O)(=O)CCC(=O)CC1CCSCC1. The van der Waals surface area contributed by atoms with E-state index in [0.717, 1.165) is 24.3 Å². The molecule has 1 fully saturated rings. The van der Waals surface area contributed by atoms with Crippen molar-refractivity contribution in [2.75, 3.05) is 23.5 Å². The van der Waals surface area contributed by atoms with Crippen LogP contribution in [0, 0.1) is 5.92 Å². The Labute approximate surface area is 95.9 Å². The van der Waals surface area contributed by atoms with Crippen molar-refractivity contribution in [3.8, 4) is 0 Å². The van der Waals surface area contributed by atoms with Gasteiger partial charge in [-0.25, -0.2) is 8.42 Å². The van der Waals surface area contributed by atoms with Crippen LogP contribution >= 0.6 is 11.8 Å². The van der Waals surface area contributed by atoms with Gasteiger partial charge in [0.05, 0.1) is 5.75 Å². The van der Waals surface area contributed by atoms with Crippen LogP contribution in [-0.4, -0.2) is 37.7 Å². The van der Waals surface area contributed by atoms with E-state index in [1.54, 1.807) is 0 Å². The van der Waals surface area contributed by atoms with E-state index in [2.05, 4.69) is 0 Å². The first-order valence-electron chi connectivity index (χ1n) is 5.24. The molecule has 0 amide bonds. The van der Waals surface area contributed by atoms with Crippen LogP contribution in [-0.2, 0) is 14.6 Å². The van der Waals surface area contributed by atoms with Crippen LogP contribution in [0.5, 0.6) is 0 Å². The van der Waals surface area contributed by atoms with E-state index in [1.807, 2.05) is 11.8 Å². The van der Waals surface area contributed by atoms with Gasteiger partial charge in [-0.1, -0.05) is 0 Å². The molecule has 0 bridgehead atoms. The lowest BCUT2D eigenvalue weighted by atomic mass is 9.96. The van der Waals surface area contributed by atoms with Gasteiger partial charge in [0, 0.05) is 19.1 Å². The first-order valence-corrected chi connectivity index (χ1v) is 8.46. The second-order valence-electron chi connectivity index (χ2n) is 4.18. The number of Topliss-reactive ketones (excluding diaryl/α,β-unsaturated/α-hetero) is 1. The Morgan fingerprint density at radius 1 is 1.33 bits per heavy atom. The molecule has 1 heterocycles. The van der Waals surface area contributed by atoms with Gasteiger partial charge in [0.25, 0.3) is 0 Å². The van der Waals surface area contributed by atoms with Crippen molar-refractivity contribution >= 4 is 27.4 Å². The van der Waals surface area contributed by atoms with Crippen molar-refractivity contribution in [2.24, 2.45) is 5.92 Å². The standard InChI is InChI=1S/C10H18O3S2/c1-15(12,13)7-4-10(11)8-9-2-5-14-6-3-9/h9H,2-8H2,1H3. The summed E-state index contributed by atoms with van der Waals surface area (Å²) in [6.45, 7) is 0. The van der Waals surface area contributed by atoms with Crippen LogP contribution < -0.4 is 0 Å². The molecule has 0 aliphatic carbocycles. The fourth-order valence-corrected chi connectivity index (χ4v) is 3.48. The molecule has 0 spiro atoms. The third kappa shape index (κ3) is 6.20. The van der Waals surface area contributed by atoms with Gasteiger partial charge in [0.2, 0.25) is 0 Å². The zero-order valence-corrected chi connectivity index (χ0v) is 10.7. The highest BCUT2D eigenvalue weighted by molar-refractivity contribution is 7.99. The number of hydrogen-bond acceptors (Lipinski definition) is 4. The van der Waals surface area contributed by atoms with Crippen LogP contribution in [0.3, 0.4) is 0 Å². The summed E-state index contributed by atoms with van der Waals surface area (Å²) in [7, 11) is -2.98. The summed E-state index contributed by atoms with van der Waals surface area (Å²) in [5, 5.41) is 0. The molecule has 3 nitrogen and oxygen atoms in total. The lowest BCUT2D eigenvalue weighted by Gasteiger charge is -2.20. The molecule has 1 saturated heterocycles. The van der Waals surface area contributed by atoms with Crippen LogP contribution in [0.15, 0.2) is 0 Å². The topological polar surface area (TPSA) is 51.2 Å². The lowest BCUT2D eigenvalue weighted by molar-refractivity contribution is -0.119. The van der Waals surface area contributed by atoms with Crippen molar-refractivity contribution in [3.63, 3.8) is 0 Å². The number of carbonyl (C=O) groups is 1. The average molecular weight is 250 g/mol. The largest absolute Gasteiger partial charge is 0.300 e. The van der Waals surface area contributed by atoms with E-state index >= 15 is 0 Å². The maximum absolute atomic E-state index is 11.5. The minimum Gasteiger partial charge on any atom is -0.300 e. The first kappa shape index (κ1) is 13.0. The van der Waals surface area contributed by atoms with E-state index in [1.165, 1.54) is 6.26 Å². The minimum atomic E-state index is -2.98. The van der Waals surface area contributed by atoms with Gasteiger partial charge in [-0.2, -0.15) is 11.8 Å². The zero-order valence-electron chi connectivity index (χ0n) is 9.07. The molecule has 0 aromatic rings. The predicted molar refractivity (Wildman–Crippen MR) is 64.0 cm³/mol. The Kier molecular flexibility index (Phi) is 5.12. The van der Waals surface area contributed by atoms with Gasteiger partial charge in [0.1, 0.15) is 15.6 Å². The molecule has 0 aromatic heterocycles. The quantitative estimate of drug-likeness (QED) is 0.742. The summed E-state index contributed by atoms with van der Waals surface area (Å²) >= 11 is 1.94. The summed E-state index contributed by atoms with van der Waals surface area (Å²) < 4.78 is 21.7. The molecular weight excluding hydrogens is 232 g/mol. The van der Waals surface area contributed by atoms with Crippen molar-refractivity contribution in [1.29, 1.82) is 0 Å². The summed E-state index contributed by atoms with van der Waals surface area (Å²) in [6, 6.07) is 0. The van der Waals surface area contributed by atoms with Crippen LogP contribution in [0.25, 0.3) is 0 Å². The fraction of sp³-hybridized carbons (Fsp3) is 0.900. The van der Waals surface area contributed by atoms with E-state index in [-0.39, 0.29) is 18.0 Å². The second kappa shape index (κ2) is 5.89. The smallest absolute Gasteiger partial charge is 0.147 e. The van der Waals surface area contributed by atoms with Crippen LogP contribution in [0.1, 0.15) is 25.7 Å². The van der Waals surface area contributed by atoms with Crippen molar-refractivity contribution < 1.29 is 13.2 Å². The highest BCUT2D eigenvalue weighted by atomic mass is 32.2. The van der Waals surface area contributed by atoms with Crippen molar-refractivity contribution in [1.82, 2.24) is 0 Å². The van der Waals surface area contributed by atoms with E-state index in [0.29, 0.717) is 12.3 Å². The van der Waals surface area contributed by atoms with Crippen LogP contribution in [0.2, 0.25) is 0 Å². The molecular formula is C10H18O3S2. The van der Waals surface area contributed by atoms with E-state index in [4.69, 9.17) is 0 Å². The number of hydrogen-bond donors (Lipinski definition) is 0. The molecule has 88 valence electrons. The Balaban J connectivity index is 2.23. The summed E-state index contributed by atoms with van der Waals surface area (Å²) in [4.78, 5) is 11.5. The molecule has 15 heavy (non-hydrogen) atoms. The second-order valence-corrected chi connectivity index (χ2v) is 7.66. The van der Waals surface area contributed by atoms with Gasteiger partial charge in [-0.15, -0.1) is 0 Å². The van der Waals surface area contributed by atoms with E-state index in [9.17, 15) is 13.2 Å². The maximum atomic E-state index is 11.5. The Bertz CT molecular complexity index is 303. The molecule has 0 atom stereocenters. The van der Waals surface area contributed by atoms with Gasteiger partial charge in [-0.3, -0.25) is 4.79 Å².